The fourth-order valence-electron chi connectivity index (χ4n) is 1.92. The van der Waals surface area contributed by atoms with Crippen LogP contribution in [0.4, 0.5) is 17.1 Å². The number of nitro groups is 1. The summed E-state index contributed by atoms with van der Waals surface area (Å²) in [6, 6.07) is 9.54. The maximum absolute atomic E-state index is 11.1. The van der Waals surface area contributed by atoms with Gasteiger partial charge < -0.3 is 10.4 Å². The second-order valence-corrected chi connectivity index (χ2v) is 5.35. The van der Waals surface area contributed by atoms with Crippen molar-refractivity contribution in [3.63, 3.8) is 0 Å². The first-order valence-corrected chi connectivity index (χ1v) is 6.72. The van der Waals surface area contributed by atoms with Crippen molar-refractivity contribution in [3.05, 3.63) is 62.1 Å². The number of anilines is 2. The van der Waals surface area contributed by atoms with Gasteiger partial charge in [-0.1, -0.05) is 15.9 Å². The summed E-state index contributed by atoms with van der Waals surface area (Å²) in [6.45, 7) is 1.93. The third kappa shape index (κ3) is 3.57. The Bertz CT molecular complexity index is 711. The Kier molecular flexibility index (Phi) is 4.23. The number of carboxylic acids is 1. The minimum Gasteiger partial charge on any atom is -0.477 e. The van der Waals surface area contributed by atoms with Crippen LogP contribution in [0, 0.1) is 17.0 Å². The van der Waals surface area contributed by atoms with Crippen molar-refractivity contribution in [1.82, 2.24) is 0 Å². The summed E-state index contributed by atoms with van der Waals surface area (Å²) in [5, 5.41) is 22.9. The third-order valence-corrected chi connectivity index (χ3v) is 3.21. The number of aryl methyl sites for hydroxylation is 1. The lowest BCUT2D eigenvalue weighted by atomic mass is 10.1. The van der Waals surface area contributed by atoms with Crippen LogP contribution < -0.4 is 5.32 Å². The first-order chi connectivity index (χ1) is 9.86. The fraction of sp³-hybridized carbons (Fsp3) is 0.0714. The summed E-state index contributed by atoms with van der Waals surface area (Å²) in [5.41, 5.74) is 1.46. The molecule has 2 aromatic carbocycles. The predicted octanol–water partition coefficient (Wildman–Crippen LogP) is 4.11. The van der Waals surface area contributed by atoms with E-state index in [0.29, 0.717) is 5.69 Å². The molecule has 0 aliphatic heterocycles. The Morgan fingerprint density at radius 3 is 2.52 bits per heavy atom. The molecule has 0 radical (unpaired) electrons. The van der Waals surface area contributed by atoms with Crippen LogP contribution in [0.2, 0.25) is 0 Å². The number of nitrogens with zero attached hydrogens (tertiary/aromatic N) is 1. The zero-order valence-electron chi connectivity index (χ0n) is 11.0. The molecule has 6 nitrogen and oxygen atoms in total. The second kappa shape index (κ2) is 5.92. The topological polar surface area (TPSA) is 92.5 Å². The molecule has 0 bridgehead atoms. The lowest BCUT2D eigenvalue weighted by Gasteiger charge is -2.09. The highest BCUT2D eigenvalue weighted by molar-refractivity contribution is 9.10. The van der Waals surface area contributed by atoms with Crippen molar-refractivity contribution < 1.29 is 14.8 Å². The Balaban J connectivity index is 2.39. The molecular weight excluding hydrogens is 340 g/mol. The van der Waals surface area contributed by atoms with Crippen LogP contribution in [-0.4, -0.2) is 16.0 Å². The summed E-state index contributed by atoms with van der Waals surface area (Å²) in [4.78, 5) is 21.2. The van der Waals surface area contributed by atoms with E-state index in [9.17, 15) is 14.9 Å². The summed E-state index contributed by atoms with van der Waals surface area (Å²) in [6.07, 6.45) is 0. The van der Waals surface area contributed by atoms with Gasteiger partial charge in [0.15, 0.2) is 0 Å². The lowest BCUT2D eigenvalue weighted by Crippen LogP contribution is -2.03. The minimum atomic E-state index is -1.34. The number of hydrogen-bond donors (Lipinski definition) is 2. The largest absolute Gasteiger partial charge is 0.477 e. The van der Waals surface area contributed by atoms with E-state index < -0.39 is 16.6 Å². The standard InChI is InChI=1S/C14H11BrN2O4/c1-8-4-9(15)6-11(5-8)16-10-2-3-13(17(20)21)12(7-10)14(18)19/h2-7,16H,1H3,(H,18,19). The molecule has 2 rings (SSSR count). The number of hydrogen-bond acceptors (Lipinski definition) is 4. The van der Waals surface area contributed by atoms with Gasteiger partial charge in [0.25, 0.3) is 5.69 Å². The summed E-state index contributed by atoms with van der Waals surface area (Å²) >= 11 is 3.37. The van der Waals surface area contributed by atoms with E-state index in [-0.39, 0.29) is 5.56 Å². The third-order valence-electron chi connectivity index (χ3n) is 2.75. The van der Waals surface area contributed by atoms with E-state index in [4.69, 9.17) is 5.11 Å². The average Bonchev–Trinajstić information content (AvgIpc) is 2.36. The van der Waals surface area contributed by atoms with Gasteiger partial charge in [-0.3, -0.25) is 10.1 Å². The molecule has 0 atom stereocenters. The number of carbonyl (C=O) groups is 1. The van der Waals surface area contributed by atoms with E-state index >= 15 is 0 Å². The molecule has 2 aromatic rings. The molecule has 0 heterocycles. The van der Waals surface area contributed by atoms with Crippen molar-refractivity contribution in [2.75, 3.05) is 5.32 Å². The molecule has 0 saturated carbocycles. The van der Waals surface area contributed by atoms with Crippen LogP contribution in [0.5, 0.6) is 0 Å². The zero-order valence-corrected chi connectivity index (χ0v) is 12.5. The number of aromatic carboxylic acids is 1. The molecule has 0 saturated heterocycles. The molecular formula is C14H11BrN2O4. The highest BCUT2D eigenvalue weighted by Crippen LogP contribution is 2.27. The van der Waals surface area contributed by atoms with Crippen LogP contribution in [0.3, 0.4) is 0 Å². The number of benzene rings is 2. The molecule has 0 fully saturated rings. The number of nitro benzene ring substituents is 1. The molecule has 108 valence electrons. The molecule has 0 aliphatic rings. The monoisotopic (exact) mass is 350 g/mol. The number of halogens is 1. The van der Waals surface area contributed by atoms with Crippen LogP contribution in [-0.2, 0) is 0 Å². The normalized spacial score (nSPS) is 10.2. The summed E-state index contributed by atoms with van der Waals surface area (Å²) in [5.74, 6) is -1.34. The van der Waals surface area contributed by atoms with Crippen LogP contribution in [0.25, 0.3) is 0 Å². The van der Waals surface area contributed by atoms with Gasteiger partial charge in [-0.25, -0.2) is 4.79 Å². The molecule has 7 heteroatoms. The maximum Gasteiger partial charge on any atom is 0.342 e. The van der Waals surface area contributed by atoms with E-state index in [2.05, 4.69) is 21.2 Å². The van der Waals surface area contributed by atoms with Gasteiger partial charge in [0.1, 0.15) is 5.56 Å². The molecule has 0 unspecified atom stereocenters. The van der Waals surface area contributed by atoms with Gasteiger partial charge in [-0.05, 0) is 42.8 Å². The SMILES string of the molecule is Cc1cc(Br)cc(Nc2ccc([N+](=O)[O-])c(C(=O)O)c2)c1. The summed E-state index contributed by atoms with van der Waals surface area (Å²) in [7, 11) is 0. The van der Waals surface area contributed by atoms with Crippen molar-refractivity contribution in [2.24, 2.45) is 0 Å². The Morgan fingerprint density at radius 1 is 1.24 bits per heavy atom. The molecule has 21 heavy (non-hydrogen) atoms. The van der Waals surface area contributed by atoms with Crippen molar-refractivity contribution >= 4 is 39.0 Å². The van der Waals surface area contributed by atoms with Gasteiger partial charge in [-0.2, -0.15) is 0 Å². The lowest BCUT2D eigenvalue weighted by molar-refractivity contribution is -0.385. The Labute approximate surface area is 128 Å². The van der Waals surface area contributed by atoms with Gasteiger partial charge in [0.05, 0.1) is 4.92 Å². The first-order valence-electron chi connectivity index (χ1n) is 5.93. The molecule has 2 N–H and O–H groups in total. The number of carboxylic acid groups (broad SMARTS) is 1. The highest BCUT2D eigenvalue weighted by Gasteiger charge is 2.19. The average molecular weight is 351 g/mol. The number of nitrogens with one attached hydrogen (secondary N) is 1. The molecule has 0 spiro atoms. The fourth-order valence-corrected chi connectivity index (χ4v) is 2.53. The van der Waals surface area contributed by atoms with Gasteiger partial charge in [0, 0.05) is 21.9 Å². The quantitative estimate of drug-likeness (QED) is 0.639. The smallest absolute Gasteiger partial charge is 0.342 e. The highest BCUT2D eigenvalue weighted by atomic mass is 79.9. The summed E-state index contributed by atoms with van der Waals surface area (Å²) < 4.78 is 0.880. The zero-order chi connectivity index (χ0) is 15.6. The second-order valence-electron chi connectivity index (χ2n) is 4.44. The first kappa shape index (κ1) is 15.0. The van der Waals surface area contributed by atoms with E-state index in [1.165, 1.54) is 18.2 Å². The van der Waals surface area contributed by atoms with Gasteiger partial charge in [-0.15, -0.1) is 0 Å². The van der Waals surface area contributed by atoms with Crippen LogP contribution >= 0.6 is 15.9 Å². The van der Waals surface area contributed by atoms with Crippen LogP contribution in [0.15, 0.2) is 40.9 Å². The Morgan fingerprint density at radius 2 is 1.95 bits per heavy atom. The van der Waals surface area contributed by atoms with Crippen LogP contribution in [0.1, 0.15) is 15.9 Å². The van der Waals surface area contributed by atoms with Crippen molar-refractivity contribution in [2.45, 2.75) is 6.92 Å². The molecule has 0 aromatic heterocycles. The minimum absolute atomic E-state index is 0.350. The molecule has 0 amide bonds. The number of rotatable bonds is 4. The van der Waals surface area contributed by atoms with Gasteiger partial charge in [0.2, 0.25) is 0 Å². The predicted molar refractivity (Wildman–Crippen MR) is 82.2 cm³/mol. The van der Waals surface area contributed by atoms with Gasteiger partial charge >= 0.3 is 5.97 Å². The van der Waals surface area contributed by atoms with Crippen molar-refractivity contribution in [1.29, 1.82) is 0 Å². The van der Waals surface area contributed by atoms with E-state index in [1.807, 2.05) is 25.1 Å². The maximum atomic E-state index is 11.1. The van der Waals surface area contributed by atoms with Crippen molar-refractivity contribution in [3.8, 4) is 0 Å². The Hall–Kier alpha value is -2.41. The van der Waals surface area contributed by atoms with E-state index in [0.717, 1.165) is 15.7 Å². The molecule has 0 aliphatic carbocycles. The van der Waals surface area contributed by atoms with E-state index in [1.54, 1.807) is 0 Å².